The molecule has 0 saturated carbocycles. The van der Waals surface area contributed by atoms with Gasteiger partial charge in [0.2, 0.25) is 0 Å². The van der Waals surface area contributed by atoms with Gasteiger partial charge in [0, 0.05) is 0 Å². The van der Waals surface area contributed by atoms with Gasteiger partial charge in [-0.3, -0.25) is 9.79 Å². The van der Waals surface area contributed by atoms with Crippen molar-refractivity contribution in [3.8, 4) is 5.75 Å². The summed E-state index contributed by atoms with van der Waals surface area (Å²) in [7, 11) is -10.2. The lowest BCUT2D eigenvalue weighted by Gasteiger charge is -2.12. The van der Waals surface area contributed by atoms with Crippen LogP contribution in [-0.4, -0.2) is 20.4 Å². The molecule has 3 N–H and O–H groups in total. The van der Waals surface area contributed by atoms with Crippen LogP contribution >= 0.6 is 15.4 Å². The van der Waals surface area contributed by atoms with Crippen LogP contribution in [-0.2, 0) is 13.7 Å². The molecule has 1 unspecified atom stereocenters. The van der Waals surface area contributed by atoms with E-state index in [1.807, 2.05) is 0 Å². The Kier molecular flexibility index (Phi) is 4.32. The maximum atomic E-state index is 11.4. The van der Waals surface area contributed by atoms with Crippen LogP contribution in [0.2, 0.25) is 0 Å². The third-order valence-electron chi connectivity index (χ3n) is 1.68. The molecule has 0 radical (unpaired) electrons. The lowest BCUT2D eigenvalue weighted by atomic mass is 10.2. The summed E-state index contributed by atoms with van der Waals surface area (Å²) in [6.45, 7) is 1.77. The van der Waals surface area contributed by atoms with Crippen LogP contribution < -0.4 is 4.52 Å². The molecule has 0 spiro atoms. The average molecular weight is 296 g/mol. The summed E-state index contributed by atoms with van der Waals surface area (Å²) in [4.78, 5) is 36.9. The van der Waals surface area contributed by atoms with E-state index in [-0.39, 0.29) is 5.75 Å². The Morgan fingerprint density at radius 2 is 1.61 bits per heavy atom. The maximum absolute atomic E-state index is 11.4. The number of carbonyl (C=O) groups is 1. The van der Waals surface area contributed by atoms with Crippen molar-refractivity contribution in [3.05, 3.63) is 29.8 Å². The number of phosphoric acid groups is 1. The first-order valence-corrected chi connectivity index (χ1v) is 7.60. The smallest absolute Gasteiger partial charge is 0.417 e. The Bertz CT molecular complexity index is 531. The second-order valence-corrected chi connectivity index (χ2v) is 6.02. The molecule has 0 fully saturated rings. The lowest BCUT2D eigenvalue weighted by Crippen LogP contribution is -2.06. The molecule has 8 nitrogen and oxygen atoms in total. The molecule has 0 heterocycles. The normalized spacial score (nSPS) is 14.7. The molecule has 0 bridgehead atoms. The molecule has 10 heteroatoms. The van der Waals surface area contributed by atoms with Gasteiger partial charge in [-0.2, -0.15) is 0 Å². The molecule has 0 aliphatic carbocycles. The van der Waals surface area contributed by atoms with E-state index < -0.39 is 21.1 Å². The predicted octanol–water partition coefficient (Wildman–Crippen LogP) is 1.79. The first kappa shape index (κ1) is 14.9. The van der Waals surface area contributed by atoms with E-state index in [2.05, 4.69) is 9.05 Å². The molecule has 1 atom stereocenters. The first-order valence-electron chi connectivity index (χ1n) is 4.49. The van der Waals surface area contributed by atoms with Gasteiger partial charge in [0.1, 0.15) is 5.75 Å². The Morgan fingerprint density at radius 1 is 1.11 bits per heavy atom. The van der Waals surface area contributed by atoms with Crippen LogP contribution in [0.3, 0.4) is 0 Å². The minimum Gasteiger partial charge on any atom is -0.417 e. The van der Waals surface area contributed by atoms with E-state index in [0.29, 0.717) is 0 Å². The summed E-state index contributed by atoms with van der Waals surface area (Å²) in [5.74, 6) is -0.103. The van der Waals surface area contributed by atoms with Gasteiger partial charge in [0.25, 0.3) is 0 Å². The number of carbonyl (C=O) groups excluding carboxylic acids is 1. The highest BCUT2D eigenvalue weighted by atomic mass is 31.2. The van der Waals surface area contributed by atoms with E-state index in [1.165, 1.54) is 12.1 Å². The van der Waals surface area contributed by atoms with Gasteiger partial charge < -0.3 is 13.9 Å². The largest absolute Gasteiger partial charge is 0.527 e. The number of rotatable bonds is 4. The van der Waals surface area contributed by atoms with Crippen LogP contribution in [0, 0.1) is 6.92 Å². The Morgan fingerprint density at radius 3 is 2.06 bits per heavy atom. The maximum Gasteiger partial charge on any atom is 0.527 e. The molecule has 1 aromatic rings. The molecule has 0 aliphatic heterocycles. The summed E-state index contributed by atoms with van der Waals surface area (Å²) >= 11 is 0. The fourth-order valence-corrected chi connectivity index (χ4v) is 2.35. The van der Waals surface area contributed by atoms with Crippen molar-refractivity contribution in [1.29, 1.82) is 0 Å². The van der Waals surface area contributed by atoms with Crippen molar-refractivity contribution < 1.29 is 37.7 Å². The predicted molar refractivity (Wildman–Crippen MR) is 60.2 cm³/mol. The van der Waals surface area contributed by atoms with E-state index in [0.717, 1.165) is 5.56 Å². The second kappa shape index (κ2) is 5.22. The monoisotopic (exact) mass is 296 g/mol. The van der Waals surface area contributed by atoms with Crippen LogP contribution in [0.15, 0.2) is 24.3 Å². The van der Waals surface area contributed by atoms with Crippen LogP contribution in [0.1, 0.15) is 5.56 Å². The van der Waals surface area contributed by atoms with Crippen LogP contribution in [0.5, 0.6) is 5.75 Å². The average Bonchev–Trinajstić information content (AvgIpc) is 2.18. The molecule has 1 aromatic carbocycles. The van der Waals surface area contributed by atoms with Crippen molar-refractivity contribution >= 4 is 21.1 Å². The topological polar surface area (TPSA) is 130 Å². The fraction of sp³-hybridized carbons (Fsp3) is 0.125. The highest BCUT2D eigenvalue weighted by Gasteiger charge is 2.39. The number of phosphoric ester groups is 1. The molecule has 1 rings (SSSR count). The number of hydrogen-bond acceptors (Lipinski definition) is 5. The van der Waals surface area contributed by atoms with E-state index in [1.54, 1.807) is 19.1 Å². The molecule has 18 heavy (non-hydrogen) atoms. The molecular weight excluding hydrogens is 286 g/mol. The van der Waals surface area contributed by atoms with Gasteiger partial charge in [0.15, 0.2) is 0 Å². The van der Waals surface area contributed by atoms with Crippen molar-refractivity contribution in [2.45, 2.75) is 6.92 Å². The molecule has 0 aliphatic rings. The van der Waals surface area contributed by atoms with E-state index in [9.17, 15) is 18.8 Å². The van der Waals surface area contributed by atoms with E-state index in [4.69, 9.17) is 9.79 Å². The zero-order valence-corrected chi connectivity index (χ0v) is 10.9. The zero-order chi connectivity index (χ0) is 14.0. The minimum atomic E-state index is -5.19. The Balaban J connectivity index is 2.82. The van der Waals surface area contributed by atoms with Gasteiger partial charge in [-0.15, -0.1) is 0 Å². The molecule has 0 aromatic heterocycles. The quantitative estimate of drug-likeness (QED) is 0.717. The molecule has 100 valence electrons. The molecule has 0 saturated heterocycles. The third kappa shape index (κ3) is 4.60. The second-order valence-electron chi connectivity index (χ2n) is 3.27. The number of benzene rings is 1. The van der Waals surface area contributed by atoms with Crippen molar-refractivity contribution in [1.82, 2.24) is 0 Å². The molecule has 0 amide bonds. The Labute approximate surface area is 102 Å². The summed E-state index contributed by atoms with van der Waals surface area (Å²) in [6, 6.07) is 5.76. The molecular formula is C8H10O8P2. The summed E-state index contributed by atoms with van der Waals surface area (Å²) in [5.41, 5.74) is -1.16. The highest BCUT2D eigenvalue weighted by molar-refractivity contribution is 7.71. The van der Waals surface area contributed by atoms with Crippen molar-refractivity contribution in [2.24, 2.45) is 0 Å². The third-order valence-corrected chi connectivity index (χ3v) is 3.24. The minimum absolute atomic E-state index is 0.103. The number of aryl methyl sites for hydroxylation is 1. The van der Waals surface area contributed by atoms with Gasteiger partial charge >= 0.3 is 21.1 Å². The van der Waals surface area contributed by atoms with Gasteiger partial charge in [0.05, 0.1) is 0 Å². The standard InChI is InChI=1S/C8H10O8P2/c1-6-2-4-7(5-3-6)15-17(10,11)8(9)16-18(12,13)14/h2-5H,1H3,(H,10,11)(H2,12,13,14). The Hall–Kier alpha value is -1.17. The fourth-order valence-electron chi connectivity index (χ4n) is 0.933. The van der Waals surface area contributed by atoms with Crippen LogP contribution in [0.25, 0.3) is 0 Å². The SMILES string of the molecule is Cc1ccc(OP(=O)(O)C(=O)OP(=O)(O)O)cc1. The van der Waals surface area contributed by atoms with Gasteiger partial charge in [-0.1, -0.05) is 17.7 Å². The van der Waals surface area contributed by atoms with Crippen molar-refractivity contribution in [3.63, 3.8) is 0 Å². The summed E-state index contributed by atoms with van der Waals surface area (Å²) < 4.78 is 29.7. The first-order chi connectivity index (χ1) is 8.10. The zero-order valence-electron chi connectivity index (χ0n) is 9.09. The van der Waals surface area contributed by atoms with Gasteiger partial charge in [-0.25, -0.2) is 13.9 Å². The summed E-state index contributed by atoms with van der Waals surface area (Å²) in [6.07, 6.45) is 0. The van der Waals surface area contributed by atoms with Crippen LogP contribution in [0.4, 0.5) is 4.79 Å². The summed E-state index contributed by atoms with van der Waals surface area (Å²) in [5, 5.41) is 0. The van der Waals surface area contributed by atoms with E-state index >= 15 is 0 Å². The van der Waals surface area contributed by atoms with Gasteiger partial charge in [-0.05, 0) is 19.1 Å². The highest BCUT2D eigenvalue weighted by Crippen LogP contribution is 2.50. The lowest BCUT2D eigenvalue weighted by molar-refractivity contribution is 0.189. The number of hydrogen-bond donors (Lipinski definition) is 3. The van der Waals surface area contributed by atoms with Crippen molar-refractivity contribution in [2.75, 3.05) is 0 Å².